The van der Waals surface area contributed by atoms with E-state index < -0.39 is 0 Å². The Kier molecular flexibility index (Phi) is 6.33. The van der Waals surface area contributed by atoms with Crippen molar-refractivity contribution in [1.29, 1.82) is 5.26 Å². The highest BCUT2D eigenvalue weighted by Crippen LogP contribution is 2.27. The predicted molar refractivity (Wildman–Crippen MR) is 112 cm³/mol. The van der Waals surface area contributed by atoms with E-state index in [1.165, 1.54) is 5.56 Å². The molecule has 29 heavy (non-hydrogen) atoms. The van der Waals surface area contributed by atoms with Crippen LogP contribution in [-0.4, -0.2) is 34.7 Å². The quantitative estimate of drug-likeness (QED) is 0.754. The van der Waals surface area contributed by atoms with Crippen molar-refractivity contribution in [2.45, 2.75) is 39.8 Å². The maximum atomic E-state index is 13.2. The number of rotatable bonds is 6. The summed E-state index contributed by atoms with van der Waals surface area (Å²) in [5, 5.41) is 8.97. The molecule has 2 aromatic carbocycles. The first-order chi connectivity index (χ1) is 13.9. The molecule has 0 saturated carbocycles. The third-order valence-corrected chi connectivity index (χ3v) is 5.67. The van der Waals surface area contributed by atoms with Crippen molar-refractivity contribution < 1.29 is 9.59 Å². The zero-order chi connectivity index (χ0) is 21.0. The number of hydrogen-bond acceptors (Lipinski definition) is 3. The van der Waals surface area contributed by atoms with Crippen LogP contribution in [0.5, 0.6) is 0 Å². The lowest BCUT2D eigenvalue weighted by Crippen LogP contribution is -2.39. The summed E-state index contributed by atoms with van der Waals surface area (Å²) in [6, 6.07) is 17.5. The van der Waals surface area contributed by atoms with Crippen molar-refractivity contribution in [2.75, 3.05) is 13.1 Å². The molecule has 0 aromatic heterocycles. The molecule has 1 fully saturated rings. The molecule has 2 amide bonds. The van der Waals surface area contributed by atoms with Gasteiger partial charge in [0.05, 0.1) is 23.6 Å². The number of benzene rings is 2. The summed E-state index contributed by atoms with van der Waals surface area (Å²) in [5.74, 6) is -0.260. The van der Waals surface area contributed by atoms with Crippen LogP contribution in [0.2, 0.25) is 0 Å². The molecule has 5 heteroatoms. The molecule has 5 nitrogen and oxygen atoms in total. The number of likely N-dealkylation sites (tertiary alicyclic amines) is 1. The van der Waals surface area contributed by atoms with Crippen LogP contribution in [0.4, 0.5) is 0 Å². The van der Waals surface area contributed by atoms with Crippen molar-refractivity contribution >= 4 is 11.8 Å². The summed E-state index contributed by atoms with van der Waals surface area (Å²) in [4.78, 5) is 29.3. The Labute approximate surface area is 172 Å². The molecular weight excluding hydrogens is 362 g/mol. The second kappa shape index (κ2) is 8.91. The fourth-order valence-corrected chi connectivity index (χ4v) is 3.88. The number of aryl methyl sites for hydroxylation is 1. The Hall–Kier alpha value is -3.13. The normalized spacial score (nSPS) is 17.1. The Morgan fingerprint density at radius 2 is 1.86 bits per heavy atom. The Morgan fingerprint density at radius 1 is 1.21 bits per heavy atom. The second-order valence-corrected chi connectivity index (χ2v) is 7.69. The lowest BCUT2D eigenvalue weighted by Gasteiger charge is -2.30. The Morgan fingerprint density at radius 3 is 2.45 bits per heavy atom. The van der Waals surface area contributed by atoms with Gasteiger partial charge >= 0.3 is 0 Å². The number of amides is 2. The van der Waals surface area contributed by atoms with Crippen molar-refractivity contribution in [3.05, 3.63) is 70.8 Å². The van der Waals surface area contributed by atoms with Crippen LogP contribution in [0.1, 0.15) is 48.6 Å². The van der Waals surface area contributed by atoms with E-state index in [0.29, 0.717) is 25.2 Å². The highest BCUT2D eigenvalue weighted by molar-refractivity contribution is 5.89. The smallest absolute Gasteiger partial charge is 0.228 e. The van der Waals surface area contributed by atoms with Gasteiger partial charge < -0.3 is 9.80 Å². The molecule has 2 aromatic rings. The van der Waals surface area contributed by atoms with Crippen LogP contribution in [-0.2, 0) is 16.1 Å². The first-order valence-corrected chi connectivity index (χ1v) is 10.1. The van der Waals surface area contributed by atoms with Crippen LogP contribution in [0.15, 0.2) is 48.5 Å². The van der Waals surface area contributed by atoms with Crippen molar-refractivity contribution in [2.24, 2.45) is 5.92 Å². The summed E-state index contributed by atoms with van der Waals surface area (Å²) in [7, 11) is 0. The molecule has 0 aliphatic carbocycles. The molecule has 1 aliphatic heterocycles. The average Bonchev–Trinajstić information content (AvgIpc) is 3.10. The van der Waals surface area contributed by atoms with E-state index in [4.69, 9.17) is 5.26 Å². The standard InChI is InChI=1S/C24H27N3O2/c1-4-27(18(3)21-11-9-19(14-25)10-12-21)24(29)22-13-23(28)26(16-22)15-20-7-5-17(2)6-8-20/h5-12,18,22H,4,13,15-16H2,1-3H3. The highest BCUT2D eigenvalue weighted by atomic mass is 16.2. The fraction of sp³-hybridized carbons (Fsp3) is 0.375. The van der Waals surface area contributed by atoms with E-state index >= 15 is 0 Å². The zero-order valence-electron chi connectivity index (χ0n) is 17.3. The Balaban J connectivity index is 1.68. The van der Waals surface area contributed by atoms with Gasteiger partial charge in [-0.15, -0.1) is 0 Å². The van der Waals surface area contributed by atoms with E-state index in [0.717, 1.165) is 11.1 Å². The maximum Gasteiger partial charge on any atom is 0.228 e. The van der Waals surface area contributed by atoms with Gasteiger partial charge in [-0.3, -0.25) is 9.59 Å². The third-order valence-electron chi connectivity index (χ3n) is 5.67. The van der Waals surface area contributed by atoms with Gasteiger partial charge in [0.1, 0.15) is 0 Å². The molecule has 3 rings (SSSR count). The minimum absolute atomic E-state index is 0.0177. The first-order valence-electron chi connectivity index (χ1n) is 10.1. The summed E-state index contributed by atoms with van der Waals surface area (Å²) >= 11 is 0. The van der Waals surface area contributed by atoms with E-state index in [2.05, 4.69) is 6.07 Å². The molecule has 1 heterocycles. The monoisotopic (exact) mass is 389 g/mol. The van der Waals surface area contributed by atoms with Crippen LogP contribution in [0.3, 0.4) is 0 Å². The zero-order valence-corrected chi connectivity index (χ0v) is 17.3. The third kappa shape index (κ3) is 4.65. The summed E-state index contributed by atoms with van der Waals surface area (Å²) in [6.07, 6.45) is 0.265. The SMILES string of the molecule is CCN(C(=O)C1CC(=O)N(Cc2ccc(C)cc2)C1)C(C)c1ccc(C#N)cc1. The molecule has 0 spiro atoms. The highest BCUT2D eigenvalue weighted by Gasteiger charge is 2.37. The molecule has 2 atom stereocenters. The van der Waals surface area contributed by atoms with Crippen molar-refractivity contribution in [3.63, 3.8) is 0 Å². The molecule has 0 N–H and O–H groups in total. The van der Waals surface area contributed by atoms with Crippen LogP contribution >= 0.6 is 0 Å². The summed E-state index contributed by atoms with van der Waals surface area (Å²) in [6.45, 7) is 7.56. The van der Waals surface area contributed by atoms with Gasteiger partial charge in [-0.25, -0.2) is 0 Å². The molecule has 150 valence electrons. The van der Waals surface area contributed by atoms with Gasteiger partial charge in [-0.05, 0) is 44.0 Å². The van der Waals surface area contributed by atoms with Crippen molar-refractivity contribution in [3.8, 4) is 6.07 Å². The minimum atomic E-state index is -0.311. The molecule has 0 radical (unpaired) electrons. The fourth-order valence-electron chi connectivity index (χ4n) is 3.88. The first kappa shape index (κ1) is 20.6. The number of nitrogens with zero attached hydrogens (tertiary/aromatic N) is 3. The average molecular weight is 389 g/mol. The van der Waals surface area contributed by atoms with E-state index in [-0.39, 0.29) is 30.2 Å². The second-order valence-electron chi connectivity index (χ2n) is 7.69. The van der Waals surface area contributed by atoms with Gasteiger partial charge in [-0.2, -0.15) is 5.26 Å². The molecule has 2 unspecified atom stereocenters. The lowest BCUT2D eigenvalue weighted by molar-refractivity contribution is -0.137. The van der Waals surface area contributed by atoms with E-state index in [1.54, 1.807) is 17.0 Å². The lowest BCUT2D eigenvalue weighted by atomic mass is 10.0. The molecule has 1 aliphatic rings. The van der Waals surface area contributed by atoms with Crippen LogP contribution in [0.25, 0.3) is 0 Å². The van der Waals surface area contributed by atoms with Crippen LogP contribution < -0.4 is 0 Å². The van der Waals surface area contributed by atoms with Crippen molar-refractivity contribution in [1.82, 2.24) is 9.80 Å². The Bertz CT molecular complexity index is 913. The van der Waals surface area contributed by atoms with Gasteiger partial charge in [0, 0.05) is 26.1 Å². The largest absolute Gasteiger partial charge is 0.338 e. The molecular formula is C24H27N3O2. The maximum absolute atomic E-state index is 13.2. The summed E-state index contributed by atoms with van der Waals surface area (Å²) < 4.78 is 0. The van der Waals surface area contributed by atoms with Gasteiger partial charge in [0.2, 0.25) is 11.8 Å². The molecule has 1 saturated heterocycles. The number of carbonyl (C=O) groups is 2. The van der Waals surface area contributed by atoms with E-state index in [1.807, 2.05) is 62.1 Å². The number of nitriles is 1. The van der Waals surface area contributed by atoms with Gasteiger partial charge in [-0.1, -0.05) is 42.0 Å². The van der Waals surface area contributed by atoms with Gasteiger partial charge in [0.25, 0.3) is 0 Å². The summed E-state index contributed by atoms with van der Waals surface area (Å²) in [5.41, 5.74) is 3.85. The van der Waals surface area contributed by atoms with Gasteiger partial charge in [0.15, 0.2) is 0 Å². The van der Waals surface area contributed by atoms with Crippen LogP contribution in [0, 0.1) is 24.2 Å². The minimum Gasteiger partial charge on any atom is -0.338 e. The topological polar surface area (TPSA) is 64.4 Å². The number of carbonyl (C=O) groups excluding carboxylic acids is 2. The van der Waals surface area contributed by atoms with E-state index in [9.17, 15) is 9.59 Å². The molecule has 0 bridgehead atoms. The predicted octanol–water partition coefficient (Wildman–Crippen LogP) is 3.82. The number of hydrogen-bond donors (Lipinski definition) is 0.